The average molecular weight is 422 g/mol. The highest BCUT2D eigenvalue weighted by atomic mass is 79.9. The number of furan rings is 1. The topological polar surface area (TPSA) is 68.2 Å². The number of anilines is 1. The third-order valence-electron chi connectivity index (χ3n) is 3.21. The van der Waals surface area contributed by atoms with Gasteiger partial charge in [0.1, 0.15) is 11.4 Å². The third-order valence-corrected chi connectivity index (χ3v) is 5.73. The minimum atomic E-state index is 0.605. The molecule has 0 aliphatic carbocycles. The van der Waals surface area contributed by atoms with Crippen molar-refractivity contribution in [2.75, 3.05) is 5.32 Å². The molecule has 6 nitrogen and oxygen atoms in total. The Morgan fingerprint density at radius 1 is 1.25 bits per heavy atom. The summed E-state index contributed by atoms with van der Waals surface area (Å²) in [7, 11) is 0. The van der Waals surface area contributed by atoms with E-state index in [9.17, 15) is 0 Å². The summed E-state index contributed by atoms with van der Waals surface area (Å²) in [4.78, 5) is 4.60. The van der Waals surface area contributed by atoms with Crippen molar-refractivity contribution in [3.8, 4) is 0 Å². The first-order valence-electron chi connectivity index (χ1n) is 7.12. The van der Waals surface area contributed by atoms with Crippen molar-refractivity contribution in [2.24, 2.45) is 0 Å². The van der Waals surface area contributed by atoms with Crippen molar-refractivity contribution in [3.05, 3.63) is 58.8 Å². The van der Waals surface area contributed by atoms with Crippen LogP contribution in [-0.4, -0.2) is 19.6 Å². The molecule has 0 radical (unpaired) electrons. The Bertz CT molecular complexity index is 950. The molecule has 0 fully saturated rings. The highest BCUT2D eigenvalue weighted by Gasteiger charge is 2.08. The van der Waals surface area contributed by atoms with Gasteiger partial charge < -0.3 is 14.1 Å². The van der Waals surface area contributed by atoms with Gasteiger partial charge in [0.25, 0.3) is 0 Å². The molecule has 0 aromatic carbocycles. The van der Waals surface area contributed by atoms with Crippen molar-refractivity contribution in [1.82, 2.24) is 19.6 Å². The maximum absolute atomic E-state index is 5.28. The highest BCUT2D eigenvalue weighted by Crippen LogP contribution is 2.28. The second-order valence-corrected chi connectivity index (χ2v) is 8.06. The Morgan fingerprint density at radius 3 is 3.08 bits per heavy atom. The van der Waals surface area contributed by atoms with Crippen LogP contribution in [0, 0.1) is 0 Å². The first-order valence-corrected chi connectivity index (χ1v) is 9.71. The van der Waals surface area contributed by atoms with Crippen molar-refractivity contribution in [2.45, 2.75) is 16.6 Å². The van der Waals surface area contributed by atoms with Gasteiger partial charge in [-0.05, 0) is 40.2 Å². The van der Waals surface area contributed by atoms with Crippen molar-refractivity contribution in [3.63, 3.8) is 0 Å². The molecule has 0 amide bonds. The fourth-order valence-electron chi connectivity index (χ4n) is 2.14. The summed E-state index contributed by atoms with van der Waals surface area (Å²) < 4.78 is 9.23. The Hall–Kier alpha value is -1.84. The maximum Gasteiger partial charge on any atom is 0.206 e. The number of thioether (sulfide) groups is 1. The molecule has 4 rings (SSSR count). The molecule has 4 aromatic rings. The molecule has 1 N–H and O–H groups in total. The molecule has 0 saturated carbocycles. The van der Waals surface area contributed by atoms with Crippen molar-refractivity contribution >= 4 is 49.8 Å². The van der Waals surface area contributed by atoms with Gasteiger partial charge >= 0.3 is 0 Å². The zero-order chi connectivity index (χ0) is 16.4. The van der Waals surface area contributed by atoms with Crippen LogP contribution in [0.5, 0.6) is 0 Å². The van der Waals surface area contributed by atoms with E-state index in [1.54, 1.807) is 18.0 Å². The largest absolute Gasteiger partial charge is 0.467 e. The molecule has 122 valence electrons. The number of nitrogens with zero attached hydrogens (tertiary/aromatic N) is 4. The second-order valence-electron chi connectivity index (χ2n) is 4.94. The molecule has 0 aliphatic heterocycles. The smallest absolute Gasteiger partial charge is 0.206 e. The molecular formula is C15H12BrN5OS2. The molecule has 0 unspecified atom stereocenters. The van der Waals surface area contributed by atoms with E-state index in [0.29, 0.717) is 6.54 Å². The van der Waals surface area contributed by atoms with Crippen molar-refractivity contribution < 1.29 is 4.42 Å². The molecule has 0 atom stereocenters. The van der Waals surface area contributed by atoms with E-state index in [-0.39, 0.29) is 0 Å². The van der Waals surface area contributed by atoms with E-state index in [1.807, 2.05) is 41.1 Å². The van der Waals surface area contributed by atoms with Gasteiger partial charge in [-0.25, -0.2) is 4.98 Å². The lowest BCUT2D eigenvalue weighted by Gasteiger charge is -1.96. The number of hydrogen-bond donors (Lipinski definition) is 1. The first-order chi connectivity index (χ1) is 11.8. The molecule has 4 heterocycles. The first kappa shape index (κ1) is 15.7. The van der Waals surface area contributed by atoms with Crippen LogP contribution in [0.1, 0.15) is 11.5 Å². The second kappa shape index (κ2) is 6.96. The highest BCUT2D eigenvalue weighted by molar-refractivity contribution is 9.10. The fraction of sp³-hybridized carbons (Fsp3) is 0.133. The van der Waals surface area contributed by atoms with Crippen molar-refractivity contribution in [1.29, 1.82) is 0 Å². The molecule has 4 aromatic heterocycles. The normalized spacial score (nSPS) is 11.2. The number of halogens is 1. The molecule has 0 bridgehead atoms. The van der Waals surface area contributed by atoms with E-state index < -0.39 is 0 Å². The van der Waals surface area contributed by atoms with Gasteiger partial charge in [-0.1, -0.05) is 23.1 Å². The summed E-state index contributed by atoms with van der Waals surface area (Å²) in [6.45, 7) is 0.605. The number of pyridine rings is 1. The predicted molar refractivity (Wildman–Crippen MR) is 98.4 cm³/mol. The van der Waals surface area contributed by atoms with Crippen LogP contribution in [0.15, 0.2) is 56.2 Å². The van der Waals surface area contributed by atoms with Crippen LogP contribution in [0.3, 0.4) is 0 Å². The standard InChI is InChI=1S/C15H12BrN5OS2/c16-10-3-4-13-18-11(8-21(13)7-10)9-23-15-20-19-14(24-15)17-6-12-2-1-5-22-12/h1-5,7-8H,6,9H2,(H,17,19). The summed E-state index contributed by atoms with van der Waals surface area (Å²) >= 11 is 6.63. The zero-order valence-electron chi connectivity index (χ0n) is 12.3. The summed E-state index contributed by atoms with van der Waals surface area (Å²) in [5.74, 6) is 1.63. The Balaban J connectivity index is 1.36. The lowest BCUT2D eigenvalue weighted by Crippen LogP contribution is -1.96. The van der Waals surface area contributed by atoms with Gasteiger partial charge in [0, 0.05) is 22.6 Å². The van der Waals surface area contributed by atoms with Crippen LogP contribution < -0.4 is 5.32 Å². The Morgan fingerprint density at radius 2 is 2.21 bits per heavy atom. The van der Waals surface area contributed by atoms with E-state index in [2.05, 4.69) is 36.4 Å². The van der Waals surface area contributed by atoms with Gasteiger partial charge in [-0.2, -0.15) is 0 Å². The van der Waals surface area contributed by atoms with Gasteiger partial charge in [0.2, 0.25) is 5.13 Å². The van der Waals surface area contributed by atoms with E-state index >= 15 is 0 Å². The minimum absolute atomic E-state index is 0.605. The van der Waals surface area contributed by atoms with Gasteiger partial charge in [-0.15, -0.1) is 10.2 Å². The zero-order valence-corrected chi connectivity index (χ0v) is 15.6. The molecule has 9 heteroatoms. The Labute approximate surface area is 154 Å². The quantitative estimate of drug-likeness (QED) is 0.463. The van der Waals surface area contributed by atoms with Crippen LogP contribution in [0.2, 0.25) is 0 Å². The molecule has 24 heavy (non-hydrogen) atoms. The lowest BCUT2D eigenvalue weighted by atomic mass is 10.4. The number of aromatic nitrogens is 4. The number of rotatable bonds is 6. The van der Waals surface area contributed by atoms with Crippen LogP contribution in [0.4, 0.5) is 5.13 Å². The molecule has 0 saturated heterocycles. The average Bonchev–Trinajstić information content (AvgIpc) is 3.31. The minimum Gasteiger partial charge on any atom is -0.467 e. The Kier molecular flexibility index (Phi) is 4.54. The monoisotopic (exact) mass is 421 g/mol. The predicted octanol–water partition coefficient (Wildman–Crippen LogP) is 4.45. The number of hydrogen-bond acceptors (Lipinski definition) is 7. The van der Waals surface area contributed by atoms with Gasteiger partial charge in [-0.3, -0.25) is 0 Å². The number of nitrogens with one attached hydrogen (secondary N) is 1. The van der Waals surface area contributed by atoms with E-state index in [4.69, 9.17) is 4.42 Å². The molecule has 0 aliphatic rings. The molecule has 0 spiro atoms. The fourth-order valence-corrected chi connectivity index (χ4v) is 4.12. The van der Waals surface area contributed by atoms with Crippen LogP contribution >= 0.6 is 39.0 Å². The molecular weight excluding hydrogens is 410 g/mol. The van der Waals surface area contributed by atoms with Gasteiger partial charge in [0.05, 0.1) is 18.5 Å². The van der Waals surface area contributed by atoms with Gasteiger partial charge in [0.15, 0.2) is 4.34 Å². The van der Waals surface area contributed by atoms with Crippen LogP contribution in [0.25, 0.3) is 5.65 Å². The number of imidazole rings is 1. The summed E-state index contributed by atoms with van der Waals surface area (Å²) in [5.41, 5.74) is 1.95. The van der Waals surface area contributed by atoms with E-state index in [0.717, 1.165) is 36.8 Å². The summed E-state index contributed by atoms with van der Waals surface area (Å²) in [6, 6.07) is 7.76. The summed E-state index contributed by atoms with van der Waals surface area (Å²) in [5, 5.41) is 12.3. The summed E-state index contributed by atoms with van der Waals surface area (Å²) in [6.07, 6.45) is 5.69. The van der Waals surface area contributed by atoms with E-state index in [1.165, 1.54) is 11.3 Å². The maximum atomic E-state index is 5.28. The lowest BCUT2D eigenvalue weighted by molar-refractivity contribution is 0.518. The SMILES string of the molecule is Brc1ccc2nc(CSc3nnc(NCc4ccco4)s3)cn2c1. The third kappa shape index (κ3) is 3.63. The number of fused-ring (bicyclic) bond motifs is 1. The van der Waals surface area contributed by atoms with Crippen LogP contribution in [-0.2, 0) is 12.3 Å².